The van der Waals surface area contributed by atoms with E-state index in [-0.39, 0.29) is 23.5 Å². The zero-order chi connectivity index (χ0) is 25.5. The van der Waals surface area contributed by atoms with E-state index < -0.39 is 17.9 Å². The Hall–Kier alpha value is -2.67. The van der Waals surface area contributed by atoms with Crippen molar-refractivity contribution >= 4 is 17.6 Å². The van der Waals surface area contributed by atoms with Gasteiger partial charge in [0.2, 0.25) is 0 Å². The molecule has 0 spiro atoms. The predicted molar refractivity (Wildman–Crippen MR) is 136 cm³/mol. The molecule has 0 radical (unpaired) electrons. The third-order valence-corrected chi connectivity index (χ3v) is 9.99. The molecule has 7 unspecified atom stereocenters. The molecule has 5 rings (SSSR count). The minimum atomic E-state index is -1.12. The summed E-state index contributed by atoms with van der Waals surface area (Å²) in [5.74, 6) is 0.330. The summed E-state index contributed by atoms with van der Waals surface area (Å²) >= 11 is 0. The van der Waals surface area contributed by atoms with E-state index in [4.69, 9.17) is 4.84 Å². The normalized spacial score (nSPS) is 37.2. The van der Waals surface area contributed by atoms with Crippen molar-refractivity contribution in [2.24, 2.45) is 33.7 Å². The highest BCUT2D eigenvalue weighted by Crippen LogP contribution is 2.65. The van der Waals surface area contributed by atoms with Crippen LogP contribution < -0.4 is 5.32 Å². The topological polar surface area (TPSA) is 108 Å². The van der Waals surface area contributed by atoms with E-state index in [1.165, 1.54) is 18.4 Å². The molecular weight excluding hydrogens is 456 g/mol. The fourth-order valence-electron chi connectivity index (χ4n) is 7.93. The number of carboxylic acids is 1. The van der Waals surface area contributed by atoms with E-state index in [1.807, 2.05) is 0 Å². The van der Waals surface area contributed by atoms with Crippen LogP contribution in [0.25, 0.3) is 0 Å². The largest absolute Gasteiger partial charge is 0.479 e. The molecular formula is C29H38N2O5. The molecule has 3 fully saturated rings. The quantitative estimate of drug-likeness (QED) is 0.500. The lowest BCUT2D eigenvalue weighted by Gasteiger charge is -2.57. The molecule has 0 saturated heterocycles. The number of benzene rings is 1. The fraction of sp³-hybridized carbons (Fsp3) is 0.621. The van der Waals surface area contributed by atoms with Crippen molar-refractivity contribution in [2.45, 2.75) is 77.4 Å². The number of allylic oxidation sites excluding steroid dienone is 2. The van der Waals surface area contributed by atoms with Gasteiger partial charge < -0.3 is 20.4 Å². The molecule has 7 atom stereocenters. The average Bonchev–Trinajstić information content (AvgIpc) is 3.17. The Morgan fingerprint density at radius 3 is 2.61 bits per heavy atom. The molecule has 1 aromatic rings. The summed E-state index contributed by atoms with van der Waals surface area (Å²) in [4.78, 5) is 29.3. The van der Waals surface area contributed by atoms with Crippen LogP contribution in [0.3, 0.4) is 0 Å². The summed E-state index contributed by atoms with van der Waals surface area (Å²) in [6.07, 6.45) is 10.5. The van der Waals surface area contributed by atoms with Gasteiger partial charge in [0.15, 0.2) is 12.6 Å². The maximum absolute atomic E-state index is 12.3. The smallest absolute Gasteiger partial charge is 0.330 e. The second-order valence-corrected chi connectivity index (χ2v) is 11.7. The Bertz CT molecular complexity index is 1070. The van der Waals surface area contributed by atoms with Crippen molar-refractivity contribution in [2.75, 3.05) is 6.61 Å². The van der Waals surface area contributed by atoms with Crippen LogP contribution in [0.15, 0.2) is 47.1 Å². The van der Waals surface area contributed by atoms with Crippen molar-refractivity contribution in [1.82, 2.24) is 5.32 Å². The zero-order valence-corrected chi connectivity index (χ0v) is 21.3. The number of hydrogen-bond acceptors (Lipinski definition) is 5. The number of hydrogen-bond donors (Lipinski definition) is 3. The maximum atomic E-state index is 12.3. The van der Waals surface area contributed by atoms with Crippen molar-refractivity contribution in [3.05, 3.63) is 47.5 Å². The number of carbonyl (C=O) groups excluding carboxylic acids is 1. The minimum absolute atomic E-state index is 0.0919. The van der Waals surface area contributed by atoms with Gasteiger partial charge in [-0.15, -0.1) is 0 Å². The number of aliphatic hydroxyl groups is 1. The first-order chi connectivity index (χ1) is 17.2. The van der Waals surface area contributed by atoms with Crippen LogP contribution in [0.2, 0.25) is 0 Å². The van der Waals surface area contributed by atoms with E-state index in [2.05, 4.69) is 30.4 Å². The number of amides is 1. The summed E-state index contributed by atoms with van der Waals surface area (Å²) in [5.41, 5.74) is 3.06. The molecule has 0 heterocycles. The Kier molecular flexibility index (Phi) is 6.70. The van der Waals surface area contributed by atoms with Gasteiger partial charge in [-0.2, -0.15) is 0 Å². The monoisotopic (exact) mass is 494 g/mol. The number of aliphatic carboxylic acids is 1. The highest BCUT2D eigenvalue weighted by atomic mass is 16.6. The predicted octanol–water partition coefficient (Wildman–Crippen LogP) is 4.62. The number of fused-ring (bicyclic) bond motifs is 5. The molecule has 7 heteroatoms. The molecule has 1 aromatic carbocycles. The van der Waals surface area contributed by atoms with E-state index in [0.717, 1.165) is 44.2 Å². The van der Waals surface area contributed by atoms with Crippen molar-refractivity contribution in [3.63, 3.8) is 0 Å². The van der Waals surface area contributed by atoms with Crippen molar-refractivity contribution in [1.29, 1.82) is 0 Å². The molecule has 3 saturated carbocycles. The number of nitrogens with one attached hydrogen (secondary N) is 1. The third kappa shape index (κ3) is 4.36. The molecule has 0 aromatic heterocycles. The van der Waals surface area contributed by atoms with Gasteiger partial charge in [0.1, 0.15) is 0 Å². The van der Waals surface area contributed by atoms with Gasteiger partial charge in [0.05, 0.1) is 11.8 Å². The van der Waals surface area contributed by atoms with Gasteiger partial charge in [-0.25, -0.2) is 4.79 Å². The van der Waals surface area contributed by atoms with Gasteiger partial charge in [-0.3, -0.25) is 4.79 Å². The first-order valence-electron chi connectivity index (χ1n) is 13.4. The summed E-state index contributed by atoms with van der Waals surface area (Å²) in [6.45, 7) is 4.41. The molecule has 4 aliphatic carbocycles. The van der Waals surface area contributed by atoms with E-state index in [0.29, 0.717) is 23.3 Å². The highest BCUT2D eigenvalue weighted by Gasteiger charge is 2.58. The van der Waals surface area contributed by atoms with Crippen LogP contribution in [0.5, 0.6) is 0 Å². The number of carboxylic acid groups (broad SMARTS) is 1. The van der Waals surface area contributed by atoms with Crippen LogP contribution in [-0.2, 0) is 14.4 Å². The number of rotatable bonds is 6. The lowest BCUT2D eigenvalue weighted by Crippen LogP contribution is -2.51. The Morgan fingerprint density at radius 2 is 1.86 bits per heavy atom. The Morgan fingerprint density at radius 1 is 1.08 bits per heavy atom. The lowest BCUT2D eigenvalue weighted by atomic mass is 9.47. The number of carbonyl (C=O) groups is 2. The second kappa shape index (κ2) is 9.66. The van der Waals surface area contributed by atoms with Crippen LogP contribution >= 0.6 is 0 Å². The van der Waals surface area contributed by atoms with Crippen LogP contribution in [0.1, 0.15) is 76.8 Å². The molecule has 0 bridgehead atoms. The molecule has 0 aliphatic heterocycles. The molecule has 3 N–H and O–H groups in total. The molecule has 7 nitrogen and oxygen atoms in total. The molecule has 4 aliphatic rings. The Balaban J connectivity index is 1.21. The van der Waals surface area contributed by atoms with Gasteiger partial charge >= 0.3 is 5.97 Å². The van der Waals surface area contributed by atoms with Crippen molar-refractivity contribution in [3.8, 4) is 0 Å². The fourth-order valence-corrected chi connectivity index (χ4v) is 7.93. The summed E-state index contributed by atoms with van der Waals surface area (Å²) in [7, 11) is 0. The van der Waals surface area contributed by atoms with Gasteiger partial charge in [-0.05, 0) is 91.6 Å². The lowest BCUT2D eigenvalue weighted by molar-refractivity contribution is -0.142. The van der Waals surface area contributed by atoms with Crippen LogP contribution in [0, 0.1) is 28.6 Å². The van der Waals surface area contributed by atoms with Gasteiger partial charge in [0.25, 0.3) is 5.91 Å². The van der Waals surface area contributed by atoms with Crippen LogP contribution in [-0.4, -0.2) is 40.5 Å². The van der Waals surface area contributed by atoms with Crippen molar-refractivity contribution < 1.29 is 24.6 Å². The average molecular weight is 495 g/mol. The SMILES string of the molecule is CC12CC/C(=N/OCC(=O)NC(C(=O)O)c3ccccc3)C=C1CCC1C2CCC2(C)C(O)CCC12. The minimum Gasteiger partial charge on any atom is -0.479 e. The number of oxime groups is 1. The molecule has 1 amide bonds. The zero-order valence-electron chi connectivity index (χ0n) is 21.3. The molecule has 194 valence electrons. The number of nitrogens with zero attached hydrogens (tertiary/aromatic N) is 1. The van der Waals surface area contributed by atoms with E-state index in [9.17, 15) is 19.8 Å². The maximum Gasteiger partial charge on any atom is 0.330 e. The van der Waals surface area contributed by atoms with Gasteiger partial charge in [-0.1, -0.05) is 54.9 Å². The Labute approximate surface area is 213 Å². The third-order valence-electron chi connectivity index (χ3n) is 9.99. The standard InChI is InChI=1S/C29H38N2O5/c1-28-14-12-20(31-36-17-25(33)30-26(27(34)35)18-6-4-3-5-7-18)16-19(28)8-9-21-22-10-11-24(32)29(22,2)15-13-23(21)28/h3-7,16,21-24,26,32H,8-15,17H2,1-2H3,(H,30,33)(H,34,35)/b31-20-. The summed E-state index contributed by atoms with van der Waals surface area (Å²) in [6, 6.07) is 7.48. The second-order valence-electron chi connectivity index (χ2n) is 11.7. The molecule has 36 heavy (non-hydrogen) atoms. The first-order valence-corrected chi connectivity index (χ1v) is 13.4. The van der Waals surface area contributed by atoms with E-state index >= 15 is 0 Å². The summed E-state index contributed by atoms with van der Waals surface area (Å²) in [5, 5.41) is 26.9. The van der Waals surface area contributed by atoms with Gasteiger partial charge in [0, 0.05) is 0 Å². The summed E-state index contributed by atoms with van der Waals surface area (Å²) < 4.78 is 0. The van der Waals surface area contributed by atoms with E-state index in [1.54, 1.807) is 30.3 Å². The highest BCUT2D eigenvalue weighted by molar-refractivity contribution is 5.96. The van der Waals surface area contributed by atoms with Crippen LogP contribution in [0.4, 0.5) is 0 Å². The number of aliphatic hydroxyl groups excluding tert-OH is 1. The first kappa shape index (κ1) is 25.0.